The fraction of sp³-hybridized carbons (Fsp3) is 0.329. The van der Waals surface area contributed by atoms with Gasteiger partial charge in [0.05, 0.1) is 30.4 Å². The third-order valence-corrected chi connectivity index (χ3v) is 20.5. The highest BCUT2D eigenvalue weighted by Crippen LogP contribution is 2.57. The van der Waals surface area contributed by atoms with Crippen LogP contribution in [0, 0.1) is 0 Å². The lowest BCUT2D eigenvalue weighted by molar-refractivity contribution is -0.141. The first-order valence-corrected chi connectivity index (χ1v) is 40.1. The van der Waals surface area contributed by atoms with E-state index in [9.17, 15) is 87.2 Å². The number of benzene rings is 6. The Labute approximate surface area is 714 Å². The number of aromatic nitrogens is 3. The number of amides is 13. The first-order valence-electron chi connectivity index (χ1n) is 39.7. The van der Waals surface area contributed by atoms with Crippen LogP contribution in [-0.4, -0.2) is 198 Å². The number of nitrogens with one attached hydrogen (secondary N) is 15. The van der Waals surface area contributed by atoms with Crippen molar-refractivity contribution < 1.29 is 96.7 Å². The lowest BCUT2D eigenvalue weighted by Gasteiger charge is -2.36. The number of para-hydroxylation sites is 1. The van der Waals surface area contributed by atoms with Crippen LogP contribution in [0.5, 0.6) is 23.0 Å². The molecule has 0 bridgehead atoms. The average Bonchev–Trinajstić information content (AvgIpc) is 1.54. The summed E-state index contributed by atoms with van der Waals surface area (Å²) in [4.78, 5) is 216. The van der Waals surface area contributed by atoms with E-state index in [4.69, 9.17) is 33.2 Å². The van der Waals surface area contributed by atoms with E-state index in [1.165, 1.54) is 50.6 Å². The molecule has 124 heavy (non-hydrogen) atoms. The Morgan fingerprint density at radius 2 is 0.960 bits per heavy atom. The number of carbonyl (C=O) groups excluding carboxylic acids is 14. The van der Waals surface area contributed by atoms with Crippen molar-refractivity contribution in [2.24, 2.45) is 11.5 Å². The largest absolute Gasteiger partial charge is 0.508 e. The van der Waals surface area contributed by atoms with Crippen LogP contribution >= 0.6 is 12.2 Å². The highest BCUT2D eigenvalue weighted by atomic mass is 32.1. The summed E-state index contributed by atoms with van der Waals surface area (Å²) in [6, 6.07) is 22.5. The van der Waals surface area contributed by atoms with E-state index >= 15 is 0 Å². The van der Waals surface area contributed by atoms with Gasteiger partial charge >= 0.3 is 11.9 Å². The van der Waals surface area contributed by atoms with Crippen LogP contribution in [0.1, 0.15) is 122 Å². The molecule has 0 radical (unpaired) electrons. The van der Waals surface area contributed by atoms with Gasteiger partial charge in [-0.1, -0.05) is 84.9 Å². The molecule has 2 aliphatic heterocycles. The molecule has 9 atom stereocenters. The number of carboxylic acid groups (broad SMARTS) is 1. The molecule has 6 aromatic carbocycles. The quantitative estimate of drug-likeness (QED) is 0.0144. The molecule has 1 spiro atoms. The number of rotatable bonds is 43. The Kier molecular flexibility index (Phi) is 31.7. The first kappa shape index (κ1) is 91.5. The minimum atomic E-state index is -1.96. The Morgan fingerprint density at radius 3 is 1.50 bits per heavy atom. The normalized spacial score (nSPS) is 14.2. The van der Waals surface area contributed by atoms with Gasteiger partial charge in [0.25, 0.3) is 0 Å². The fourth-order valence-corrected chi connectivity index (χ4v) is 14.5. The molecule has 38 nitrogen and oxygen atoms in total. The predicted molar refractivity (Wildman–Crippen MR) is 450 cm³/mol. The molecule has 13 amide bonds. The number of aliphatic carboxylic acids is 1. The second-order valence-electron chi connectivity index (χ2n) is 29.7. The molecule has 4 heterocycles. The number of nitrogens with zero attached hydrogens (tertiary/aromatic N) is 1. The Hall–Kier alpha value is -14.8. The molecule has 0 saturated carbocycles. The number of aromatic amines is 2. The number of thiocarbonyl (C=S) groups is 1. The summed E-state index contributed by atoms with van der Waals surface area (Å²) >= 11 is 5.59. The van der Waals surface area contributed by atoms with E-state index in [0.29, 0.717) is 45.5 Å². The molecule has 652 valence electrons. The number of esters is 1. The third kappa shape index (κ3) is 25.2. The molecule has 0 saturated heterocycles. The van der Waals surface area contributed by atoms with Gasteiger partial charge in [0.15, 0.2) is 10.7 Å². The predicted octanol–water partition coefficient (Wildman–Crippen LogP) is 0.959. The van der Waals surface area contributed by atoms with Crippen LogP contribution in [0.15, 0.2) is 158 Å². The van der Waals surface area contributed by atoms with E-state index in [1.807, 2.05) is 18.2 Å². The number of H-pyrrole nitrogens is 2. The van der Waals surface area contributed by atoms with E-state index in [0.717, 1.165) is 17.8 Å². The molecule has 8 aromatic rings. The number of phenolic OH excluding ortho intramolecular Hbond substituents is 2. The average molecular weight is 1720 g/mol. The van der Waals surface area contributed by atoms with Crippen molar-refractivity contribution in [3.8, 4) is 23.0 Å². The number of aromatic hydroxyl groups is 2. The van der Waals surface area contributed by atoms with E-state index in [2.05, 4.69) is 84.1 Å². The Balaban J connectivity index is 0.799. The highest BCUT2D eigenvalue weighted by Gasteiger charge is 2.54. The van der Waals surface area contributed by atoms with Crippen molar-refractivity contribution in [3.05, 3.63) is 203 Å². The van der Waals surface area contributed by atoms with Crippen LogP contribution in [0.3, 0.4) is 0 Å². The van der Waals surface area contributed by atoms with Crippen molar-refractivity contribution in [3.63, 3.8) is 0 Å². The van der Waals surface area contributed by atoms with Crippen molar-refractivity contribution in [2.75, 3.05) is 25.0 Å². The van der Waals surface area contributed by atoms with Gasteiger partial charge in [-0.05, 0) is 110 Å². The summed E-state index contributed by atoms with van der Waals surface area (Å²) < 4.78 is 12.2. The number of imidazole rings is 1. The fourth-order valence-electron chi connectivity index (χ4n) is 14.3. The summed E-state index contributed by atoms with van der Waals surface area (Å²) in [6.45, 7) is 3.35. The molecule has 0 aliphatic carbocycles. The topological polar surface area (TPSA) is 588 Å². The molecule has 2 aliphatic rings. The summed E-state index contributed by atoms with van der Waals surface area (Å²) in [6.07, 6.45) is 1.82. The van der Waals surface area contributed by atoms with E-state index in [-0.39, 0.29) is 110 Å². The number of carbonyl (C=O) groups is 15. The Bertz CT molecular complexity index is 5250. The van der Waals surface area contributed by atoms with E-state index in [1.54, 1.807) is 103 Å². The van der Waals surface area contributed by atoms with Gasteiger partial charge in [0.2, 0.25) is 76.8 Å². The molecule has 39 heteroatoms. The number of unbranched alkanes of at least 4 members (excludes halogenated alkanes) is 2. The van der Waals surface area contributed by atoms with Crippen LogP contribution in [0.2, 0.25) is 0 Å². The van der Waals surface area contributed by atoms with Crippen molar-refractivity contribution in [1.82, 2.24) is 78.8 Å². The number of nitrogens with two attached hydrogens (primary N) is 2. The molecule has 22 N–H and O–H groups in total. The second kappa shape index (κ2) is 42.9. The smallest absolute Gasteiger partial charge is 0.340 e. The van der Waals surface area contributed by atoms with E-state index < -0.39 is 169 Å². The molecule has 0 fully saturated rings. The van der Waals surface area contributed by atoms with Crippen molar-refractivity contribution >= 4 is 123 Å². The number of anilines is 1. The minimum Gasteiger partial charge on any atom is -0.508 e. The van der Waals surface area contributed by atoms with Crippen molar-refractivity contribution in [2.45, 2.75) is 158 Å². The highest BCUT2D eigenvalue weighted by molar-refractivity contribution is 7.80. The van der Waals surface area contributed by atoms with Gasteiger partial charge in [0.1, 0.15) is 77.4 Å². The molecule has 10 rings (SSSR count). The number of carboxylic acids is 1. The third-order valence-electron chi connectivity index (χ3n) is 20.3. The molecule has 2 aromatic heterocycles. The lowest BCUT2D eigenvalue weighted by atomic mass is 9.77. The number of ether oxygens (including phenoxy) is 2. The number of fused-ring (bicyclic) bond motifs is 7. The zero-order valence-corrected chi connectivity index (χ0v) is 68.4. The van der Waals surface area contributed by atoms with Crippen LogP contribution in [-0.2, 0) is 103 Å². The van der Waals surface area contributed by atoms with Crippen LogP contribution in [0.4, 0.5) is 5.69 Å². The summed E-state index contributed by atoms with van der Waals surface area (Å²) in [5.74, 6) is -14.4. The molecular formula is C85H96N18O20S. The maximum Gasteiger partial charge on any atom is 0.340 e. The minimum absolute atomic E-state index is 0.0378. The Morgan fingerprint density at radius 1 is 0.484 bits per heavy atom. The second-order valence-corrected chi connectivity index (χ2v) is 30.1. The number of hydrogen-bond donors (Lipinski definition) is 20. The SMILES string of the molecule is CC(=O)NCCCC[C@H](NC(=O)C(CC(=O)O)NC(=O)[C@@H](Cc1ccccc1)NC(=O)C(Cc1c[nH]c2ccccc12)NC(C)=O)C(=O)NC(Cc1ccccc1)C(=O)NC(CC(N)=O)C(=O)N[C@@H](Cc1c[nH]cn1)C(=O)NC(CNC(C)=O)C(=O)NC(CCCCNC(=S)Nc1ccc2c(c1)C(=O)OC21c2ccc(O)cc2Oc2cc(O)ccc21)C(N)=O. The van der Waals surface area contributed by atoms with Gasteiger partial charge in [-0.3, -0.25) is 67.1 Å². The maximum absolute atomic E-state index is 14.9. The van der Waals surface area contributed by atoms with Crippen LogP contribution in [0.25, 0.3) is 10.9 Å². The van der Waals surface area contributed by atoms with Gasteiger partial charge in [-0.2, -0.15) is 0 Å². The monoisotopic (exact) mass is 1720 g/mol. The first-order chi connectivity index (χ1) is 59.3. The molecular weight excluding hydrogens is 1630 g/mol. The standard InChI is InChI=1S/C85H96N18O20S/c1-45(104)89-30-14-13-23-62(97-81(119)68(40-73(110)111)102-77(115)64(33-49-18-8-5-9-19-49)99-78(116)65(94-47(3)106)34-50-41-92-60-21-11-10-20-55(50)60)75(113)98-63(32-48-16-6-4-7-17-48)76(114)101-67(39-72(86)109)80(118)100-66(36-52-42-88-44-93-52)79(117)103-69(43-91-46(2)105)82(120)96-61(74(87)112)22-12-15-31-90-84(124)95-51-24-27-57-56(35-51)83(121)123-85(57)58-28-25-53(107)37-70(58)122-71-38-54(108)26-29-59(71)85/h4-11,16-21,24-29,35,37-38,41-42,44,61-69,92,107-108H,12-15,22-23,30-34,36,39-40,43H2,1-3H3,(H2,86,109)(H2,87,112)(H,88,93)(H,89,104)(H,91,105)(H,94,106)(H,96,120)(H,97,119)(H,98,113)(H,99,116)(H,100,118)(H,101,114)(H,102,115)(H,103,117)(H,110,111)(H2,90,95,124)/t61?,62-,63?,64+,65?,66-,67?,68?,69?/m0/s1. The zero-order valence-electron chi connectivity index (χ0n) is 67.6. The number of phenols is 2. The van der Waals surface area contributed by atoms with Gasteiger partial charge in [-0.25, -0.2) is 9.78 Å². The van der Waals surface area contributed by atoms with Gasteiger partial charge < -0.3 is 115 Å². The summed E-state index contributed by atoms with van der Waals surface area (Å²) in [5.41, 5.74) is 14.4. The summed E-state index contributed by atoms with van der Waals surface area (Å²) in [7, 11) is 0. The maximum atomic E-state index is 14.9. The van der Waals surface area contributed by atoms with Gasteiger partial charge in [0, 0.05) is 124 Å². The lowest BCUT2D eigenvalue weighted by Crippen LogP contribution is -2.62. The molecule has 6 unspecified atom stereocenters. The van der Waals surface area contributed by atoms with Crippen LogP contribution < -0.4 is 85.3 Å². The van der Waals surface area contributed by atoms with Crippen molar-refractivity contribution in [1.29, 1.82) is 0 Å². The van der Waals surface area contributed by atoms with Gasteiger partial charge in [-0.15, -0.1) is 0 Å². The number of primary amides is 2. The zero-order chi connectivity index (χ0) is 89.3. The summed E-state index contributed by atoms with van der Waals surface area (Å²) in [5, 5.41) is 65.7. The number of hydrogen-bond acceptors (Lipinski definition) is 21.